The quantitative estimate of drug-likeness (QED) is 0.758. The summed E-state index contributed by atoms with van der Waals surface area (Å²) >= 11 is 0. The standard InChI is InChI=1S/C17H19N5O/c1-12(18-11-16-20-21-17(23-16)13-7-8-13)14-5-2-3-6-15(14)22-10-4-9-19-22/h2-6,9-10,12-13,18H,7-8,11H2,1H3/t12-/m0/s1. The van der Waals surface area contributed by atoms with E-state index in [1.54, 1.807) is 6.20 Å². The van der Waals surface area contributed by atoms with E-state index in [4.69, 9.17) is 4.42 Å². The van der Waals surface area contributed by atoms with E-state index in [2.05, 4.69) is 39.7 Å². The molecule has 0 amide bonds. The lowest BCUT2D eigenvalue weighted by atomic mass is 10.1. The Hall–Kier alpha value is -2.47. The first kappa shape index (κ1) is 14.1. The van der Waals surface area contributed by atoms with Crippen molar-refractivity contribution in [2.24, 2.45) is 0 Å². The van der Waals surface area contributed by atoms with Crippen molar-refractivity contribution in [3.8, 4) is 5.69 Å². The molecule has 1 aliphatic carbocycles. The van der Waals surface area contributed by atoms with Gasteiger partial charge in [-0.05, 0) is 37.5 Å². The van der Waals surface area contributed by atoms with Crippen LogP contribution in [0.2, 0.25) is 0 Å². The first-order chi connectivity index (χ1) is 11.3. The Labute approximate surface area is 134 Å². The zero-order valence-electron chi connectivity index (χ0n) is 13.0. The Bertz CT molecular complexity index is 776. The number of benzene rings is 1. The van der Waals surface area contributed by atoms with E-state index in [0.717, 1.165) is 11.6 Å². The molecule has 2 heterocycles. The first-order valence-electron chi connectivity index (χ1n) is 7.96. The average Bonchev–Trinajstić information content (AvgIpc) is 3.11. The molecule has 2 aromatic heterocycles. The fraction of sp³-hybridized carbons (Fsp3) is 0.353. The number of nitrogens with zero attached hydrogens (tertiary/aromatic N) is 4. The minimum absolute atomic E-state index is 0.145. The van der Waals surface area contributed by atoms with E-state index >= 15 is 0 Å². The molecule has 0 spiro atoms. The van der Waals surface area contributed by atoms with Gasteiger partial charge < -0.3 is 9.73 Å². The van der Waals surface area contributed by atoms with Gasteiger partial charge in [-0.15, -0.1) is 10.2 Å². The Morgan fingerprint density at radius 3 is 2.91 bits per heavy atom. The molecular weight excluding hydrogens is 290 g/mol. The highest BCUT2D eigenvalue weighted by Gasteiger charge is 2.29. The molecule has 1 atom stereocenters. The van der Waals surface area contributed by atoms with Crippen LogP contribution in [0.25, 0.3) is 5.69 Å². The summed E-state index contributed by atoms with van der Waals surface area (Å²) in [5, 5.41) is 16.0. The van der Waals surface area contributed by atoms with E-state index < -0.39 is 0 Å². The highest BCUT2D eigenvalue weighted by atomic mass is 16.4. The topological polar surface area (TPSA) is 68.8 Å². The molecule has 6 nitrogen and oxygen atoms in total. The Morgan fingerprint density at radius 1 is 1.26 bits per heavy atom. The van der Waals surface area contributed by atoms with Crippen molar-refractivity contribution in [2.75, 3.05) is 0 Å². The number of rotatable bonds is 6. The summed E-state index contributed by atoms with van der Waals surface area (Å²) in [6.07, 6.45) is 6.07. The van der Waals surface area contributed by atoms with Crippen molar-refractivity contribution in [3.05, 3.63) is 60.1 Å². The summed E-state index contributed by atoms with van der Waals surface area (Å²) in [6, 6.07) is 10.3. The molecule has 0 radical (unpaired) electrons. The van der Waals surface area contributed by atoms with Gasteiger partial charge in [0.2, 0.25) is 11.8 Å². The Balaban J connectivity index is 1.47. The molecule has 1 aromatic carbocycles. The molecule has 0 aliphatic heterocycles. The van der Waals surface area contributed by atoms with Gasteiger partial charge in [0.05, 0.1) is 12.2 Å². The third kappa shape index (κ3) is 3.03. The van der Waals surface area contributed by atoms with Crippen molar-refractivity contribution in [1.29, 1.82) is 0 Å². The van der Waals surface area contributed by atoms with Crippen molar-refractivity contribution < 1.29 is 4.42 Å². The summed E-state index contributed by atoms with van der Waals surface area (Å²) < 4.78 is 7.57. The molecular formula is C17H19N5O. The summed E-state index contributed by atoms with van der Waals surface area (Å²) in [6.45, 7) is 2.69. The van der Waals surface area contributed by atoms with Gasteiger partial charge in [-0.25, -0.2) is 4.68 Å². The largest absolute Gasteiger partial charge is 0.424 e. The van der Waals surface area contributed by atoms with E-state index in [1.807, 2.05) is 29.1 Å². The normalized spacial score (nSPS) is 15.7. The Kier molecular flexibility index (Phi) is 3.67. The smallest absolute Gasteiger partial charge is 0.230 e. The number of aromatic nitrogens is 4. The lowest BCUT2D eigenvalue weighted by molar-refractivity contribution is 0.419. The van der Waals surface area contributed by atoms with Gasteiger partial charge >= 0.3 is 0 Å². The van der Waals surface area contributed by atoms with Crippen LogP contribution in [-0.2, 0) is 6.54 Å². The first-order valence-corrected chi connectivity index (χ1v) is 7.96. The molecule has 0 saturated heterocycles. The monoisotopic (exact) mass is 309 g/mol. The van der Waals surface area contributed by atoms with Crippen LogP contribution in [0.4, 0.5) is 0 Å². The molecule has 1 fully saturated rings. The number of hydrogen-bond donors (Lipinski definition) is 1. The maximum atomic E-state index is 5.69. The van der Waals surface area contributed by atoms with Crippen molar-refractivity contribution in [1.82, 2.24) is 25.3 Å². The lowest BCUT2D eigenvalue weighted by Gasteiger charge is -2.17. The summed E-state index contributed by atoms with van der Waals surface area (Å²) in [5.74, 6) is 1.93. The fourth-order valence-electron chi connectivity index (χ4n) is 2.66. The van der Waals surface area contributed by atoms with Crippen LogP contribution in [0, 0.1) is 0 Å². The van der Waals surface area contributed by atoms with Crippen molar-refractivity contribution >= 4 is 0 Å². The van der Waals surface area contributed by atoms with Crippen LogP contribution < -0.4 is 5.32 Å². The highest BCUT2D eigenvalue weighted by molar-refractivity contribution is 5.42. The van der Waals surface area contributed by atoms with Crippen LogP contribution in [0.5, 0.6) is 0 Å². The molecule has 23 heavy (non-hydrogen) atoms. The minimum Gasteiger partial charge on any atom is -0.424 e. The van der Waals surface area contributed by atoms with E-state index in [0.29, 0.717) is 18.4 Å². The second-order valence-electron chi connectivity index (χ2n) is 5.92. The van der Waals surface area contributed by atoms with Crippen molar-refractivity contribution in [2.45, 2.75) is 38.3 Å². The number of hydrogen-bond acceptors (Lipinski definition) is 5. The van der Waals surface area contributed by atoms with Gasteiger partial charge in [0.1, 0.15) is 0 Å². The second-order valence-corrected chi connectivity index (χ2v) is 5.92. The van der Waals surface area contributed by atoms with Crippen LogP contribution in [0.1, 0.15) is 49.1 Å². The van der Waals surface area contributed by atoms with Crippen LogP contribution >= 0.6 is 0 Å². The van der Waals surface area contributed by atoms with Gasteiger partial charge in [-0.1, -0.05) is 18.2 Å². The zero-order chi connectivity index (χ0) is 15.6. The predicted octanol–water partition coefficient (Wildman–Crippen LogP) is 2.98. The van der Waals surface area contributed by atoms with E-state index in [1.165, 1.54) is 18.4 Å². The SMILES string of the molecule is C[C@H](NCc1nnc(C2CC2)o1)c1ccccc1-n1cccn1. The van der Waals surface area contributed by atoms with E-state index in [-0.39, 0.29) is 6.04 Å². The zero-order valence-corrected chi connectivity index (χ0v) is 13.0. The van der Waals surface area contributed by atoms with Crippen LogP contribution in [-0.4, -0.2) is 20.0 Å². The maximum Gasteiger partial charge on any atom is 0.230 e. The highest BCUT2D eigenvalue weighted by Crippen LogP contribution is 2.39. The lowest BCUT2D eigenvalue weighted by Crippen LogP contribution is -2.20. The molecule has 1 saturated carbocycles. The van der Waals surface area contributed by atoms with Gasteiger partial charge in [-0.2, -0.15) is 5.10 Å². The molecule has 3 aromatic rings. The van der Waals surface area contributed by atoms with Gasteiger partial charge in [0, 0.05) is 24.4 Å². The summed E-state index contributed by atoms with van der Waals surface area (Å²) in [7, 11) is 0. The maximum absolute atomic E-state index is 5.69. The molecule has 0 unspecified atom stereocenters. The molecule has 6 heteroatoms. The summed E-state index contributed by atoms with van der Waals surface area (Å²) in [4.78, 5) is 0. The third-order valence-corrected chi connectivity index (χ3v) is 4.12. The Morgan fingerprint density at radius 2 is 2.13 bits per heavy atom. The van der Waals surface area contributed by atoms with Crippen LogP contribution in [0.3, 0.4) is 0 Å². The van der Waals surface area contributed by atoms with Gasteiger partial charge in [0.25, 0.3) is 0 Å². The molecule has 1 aliphatic rings. The number of nitrogens with one attached hydrogen (secondary N) is 1. The third-order valence-electron chi connectivity index (χ3n) is 4.12. The predicted molar refractivity (Wildman–Crippen MR) is 85.1 cm³/mol. The summed E-state index contributed by atoms with van der Waals surface area (Å²) in [5.41, 5.74) is 2.25. The molecule has 0 bridgehead atoms. The van der Waals surface area contributed by atoms with Gasteiger partial charge in [-0.3, -0.25) is 0 Å². The molecule has 1 N–H and O–H groups in total. The molecule has 4 rings (SSSR count). The van der Waals surface area contributed by atoms with Crippen molar-refractivity contribution in [3.63, 3.8) is 0 Å². The number of para-hydroxylation sites is 1. The van der Waals surface area contributed by atoms with Gasteiger partial charge in [0.15, 0.2) is 0 Å². The van der Waals surface area contributed by atoms with Crippen LogP contribution in [0.15, 0.2) is 47.1 Å². The minimum atomic E-state index is 0.145. The second kappa shape index (κ2) is 5.96. The molecule has 118 valence electrons. The fourth-order valence-corrected chi connectivity index (χ4v) is 2.66. The van der Waals surface area contributed by atoms with E-state index in [9.17, 15) is 0 Å². The average molecular weight is 309 g/mol.